The SMILES string of the molecule is CC1(C)CC(N)CC(C)(CN)C1.NCc1ccccc1. The van der Waals surface area contributed by atoms with E-state index < -0.39 is 0 Å². The zero-order valence-corrected chi connectivity index (χ0v) is 13.2. The quantitative estimate of drug-likeness (QED) is 0.777. The molecular weight excluding hydrogens is 246 g/mol. The maximum absolute atomic E-state index is 6.01. The Morgan fingerprint density at radius 1 is 1.05 bits per heavy atom. The third-order valence-corrected chi connectivity index (χ3v) is 4.05. The van der Waals surface area contributed by atoms with Crippen LogP contribution in [0, 0.1) is 10.8 Å². The van der Waals surface area contributed by atoms with E-state index in [1.54, 1.807) is 0 Å². The van der Waals surface area contributed by atoms with Gasteiger partial charge in [-0.3, -0.25) is 0 Å². The van der Waals surface area contributed by atoms with Crippen molar-refractivity contribution in [2.24, 2.45) is 28.0 Å². The summed E-state index contributed by atoms with van der Waals surface area (Å²) in [6.45, 7) is 8.25. The molecule has 2 unspecified atom stereocenters. The van der Waals surface area contributed by atoms with Crippen molar-refractivity contribution >= 4 is 0 Å². The molecule has 1 aliphatic carbocycles. The standard InChI is InChI=1S/C10H22N2.C7H9N/c1-9(2)4-8(12)5-10(3,6-9)7-11;8-6-7-4-2-1-3-5-7/h8H,4-7,11-12H2,1-3H3;1-5H,6,8H2. The Morgan fingerprint density at radius 2 is 1.65 bits per heavy atom. The molecule has 1 aliphatic rings. The van der Waals surface area contributed by atoms with Gasteiger partial charge in [-0.2, -0.15) is 0 Å². The van der Waals surface area contributed by atoms with Crippen molar-refractivity contribution < 1.29 is 0 Å². The molecule has 0 bridgehead atoms. The minimum atomic E-state index is 0.279. The lowest BCUT2D eigenvalue weighted by atomic mass is 9.63. The van der Waals surface area contributed by atoms with Gasteiger partial charge in [-0.25, -0.2) is 0 Å². The second kappa shape index (κ2) is 7.21. The number of benzene rings is 1. The molecule has 3 nitrogen and oxygen atoms in total. The molecule has 2 rings (SSSR count). The van der Waals surface area contributed by atoms with E-state index in [1.165, 1.54) is 12.0 Å². The van der Waals surface area contributed by atoms with Gasteiger partial charge >= 0.3 is 0 Å². The van der Waals surface area contributed by atoms with Gasteiger partial charge in [0.25, 0.3) is 0 Å². The van der Waals surface area contributed by atoms with Crippen molar-refractivity contribution in [3.63, 3.8) is 0 Å². The minimum Gasteiger partial charge on any atom is -0.330 e. The zero-order chi connectivity index (χ0) is 15.2. The Kier molecular flexibility index (Phi) is 6.18. The Hall–Kier alpha value is -0.900. The smallest absolute Gasteiger partial charge is 0.0178 e. The van der Waals surface area contributed by atoms with E-state index in [9.17, 15) is 0 Å². The first-order valence-corrected chi connectivity index (χ1v) is 7.50. The summed E-state index contributed by atoms with van der Waals surface area (Å²) in [4.78, 5) is 0. The molecule has 0 aliphatic heterocycles. The predicted molar refractivity (Wildman–Crippen MR) is 87.1 cm³/mol. The number of hydrogen-bond acceptors (Lipinski definition) is 3. The third-order valence-electron chi connectivity index (χ3n) is 4.05. The Bertz CT molecular complexity index is 388. The van der Waals surface area contributed by atoms with Gasteiger partial charge < -0.3 is 17.2 Å². The molecule has 1 saturated carbocycles. The average molecular weight is 277 g/mol. The first-order valence-electron chi connectivity index (χ1n) is 7.50. The number of hydrogen-bond donors (Lipinski definition) is 3. The van der Waals surface area contributed by atoms with Crippen molar-refractivity contribution in [1.82, 2.24) is 0 Å². The van der Waals surface area contributed by atoms with Gasteiger partial charge in [0.2, 0.25) is 0 Å². The van der Waals surface area contributed by atoms with Crippen LogP contribution in [0.3, 0.4) is 0 Å². The fraction of sp³-hybridized carbons (Fsp3) is 0.647. The van der Waals surface area contributed by atoms with Crippen LogP contribution in [0.15, 0.2) is 30.3 Å². The summed E-state index contributed by atoms with van der Waals surface area (Å²) in [5, 5.41) is 0. The summed E-state index contributed by atoms with van der Waals surface area (Å²) < 4.78 is 0. The van der Waals surface area contributed by atoms with Crippen LogP contribution in [0.1, 0.15) is 45.6 Å². The van der Waals surface area contributed by atoms with Crippen LogP contribution < -0.4 is 17.2 Å². The van der Waals surface area contributed by atoms with Gasteiger partial charge in [0, 0.05) is 12.6 Å². The van der Waals surface area contributed by atoms with Crippen molar-refractivity contribution in [2.45, 2.75) is 52.6 Å². The van der Waals surface area contributed by atoms with E-state index in [-0.39, 0.29) is 5.41 Å². The zero-order valence-electron chi connectivity index (χ0n) is 13.2. The highest BCUT2D eigenvalue weighted by atomic mass is 14.7. The van der Waals surface area contributed by atoms with Crippen molar-refractivity contribution in [2.75, 3.05) is 6.54 Å². The van der Waals surface area contributed by atoms with Gasteiger partial charge in [0.05, 0.1) is 0 Å². The van der Waals surface area contributed by atoms with Crippen LogP contribution in [-0.2, 0) is 6.54 Å². The molecular formula is C17H31N3. The van der Waals surface area contributed by atoms with Gasteiger partial charge in [0.15, 0.2) is 0 Å². The molecule has 3 heteroatoms. The molecule has 1 aromatic rings. The molecule has 0 amide bonds. The highest BCUT2D eigenvalue weighted by Gasteiger charge is 2.38. The van der Waals surface area contributed by atoms with Gasteiger partial charge in [0.1, 0.15) is 0 Å². The largest absolute Gasteiger partial charge is 0.330 e. The molecule has 6 N–H and O–H groups in total. The van der Waals surface area contributed by atoms with Gasteiger partial charge in [-0.15, -0.1) is 0 Å². The maximum Gasteiger partial charge on any atom is 0.0178 e. The molecule has 114 valence electrons. The highest BCUT2D eigenvalue weighted by Crippen LogP contribution is 2.44. The van der Waals surface area contributed by atoms with Crippen LogP contribution in [0.4, 0.5) is 0 Å². The molecule has 1 fully saturated rings. The lowest BCUT2D eigenvalue weighted by Crippen LogP contribution is -2.45. The Balaban J connectivity index is 0.000000217. The first-order chi connectivity index (χ1) is 9.30. The monoisotopic (exact) mass is 277 g/mol. The normalized spacial score (nSPS) is 28.4. The Morgan fingerprint density at radius 3 is 2.05 bits per heavy atom. The summed E-state index contributed by atoms with van der Waals surface area (Å²) >= 11 is 0. The average Bonchev–Trinajstić information content (AvgIpc) is 2.37. The van der Waals surface area contributed by atoms with Crippen LogP contribution in [0.2, 0.25) is 0 Å². The topological polar surface area (TPSA) is 78.1 Å². The molecule has 2 atom stereocenters. The van der Waals surface area contributed by atoms with Crippen molar-refractivity contribution in [3.8, 4) is 0 Å². The second-order valence-corrected chi connectivity index (χ2v) is 7.21. The number of nitrogens with two attached hydrogens (primary N) is 3. The molecule has 0 heterocycles. The lowest BCUT2D eigenvalue weighted by Gasteiger charge is -2.45. The van der Waals surface area contributed by atoms with E-state index in [0.29, 0.717) is 18.0 Å². The third kappa shape index (κ3) is 5.61. The van der Waals surface area contributed by atoms with Crippen LogP contribution in [-0.4, -0.2) is 12.6 Å². The molecule has 0 saturated heterocycles. The first kappa shape index (κ1) is 17.2. The molecule has 0 radical (unpaired) electrons. The van der Waals surface area contributed by atoms with Gasteiger partial charge in [-0.1, -0.05) is 51.1 Å². The highest BCUT2D eigenvalue weighted by molar-refractivity contribution is 5.13. The van der Waals surface area contributed by atoms with Crippen molar-refractivity contribution in [1.29, 1.82) is 0 Å². The molecule has 1 aromatic carbocycles. The van der Waals surface area contributed by atoms with E-state index >= 15 is 0 Å². The van der Waals surface area contributed by atoms with Crippen molar-refractivity contribution in [3.05, 3.63) is 35.9 Å². The van der Waals surface area contributed by atoms with E-state index in [2.05, 4.69) is 20.8 Å². The van der Waals surface area contributed by atoms with Gasteiger partial charge in [-0.05, 0) is 42.2 Å². The molecule has 20 heavy (non-hydrogen) atoms. The molecule has 0 aromatic heterocycles. The second-order valence-electron chi connectivity index (χ2n) is 7.21. The van der Waals surface area contributed by atoms with E-state index in [0.717, 1.165) is 19.4 Å². The van der Waals surface area contributed by atoms with E-state index in [4.69, 9.17) is 17.2 Å². The summed E-state index contributed by atoms with van der Waals surface area (Å²) in [6.07, 6.45) is 3.44. The lowest BCUT2D eigenvalue weighted by molar-refractivity contribution is 0.0904. The van der Waals surface area contributed by atoms with Crippen LogP contribution in [0.5, 0.6) is 0 Å². The van der Waals surface area contributed by atoms with E-state index in [1.807, 2.05) is 30.3 Å². The fourth-order valence-electron chi connectivity index (χ4n) is 3.48. The summed E-state index contributed by atoms with van der Waals surface area (Å²) in [5.41, 5.74) is 19.0. The Labute approximate surface area is 123 Å². The fourth-order valence-corrected chi connectivity index (χ4v) is 3.48. The molecule has 0 spiro atoms. The predicted octanol–water partition coefficient (Wildman–Crippen LogP) is 2.63. The summed E-state index contributed by atoms with van der Waals surface area (Å²) in [6, 6.07) is 10.3. The van der Waals surface area contributed by atoms with Crippen LogP contribution in [0.25, 0.3) is 0 Å². The van der Waals surface area contributed by atoms with Crippen LogP contribution >= 0.6 is 0 Å². The summed E-state index contributed by atoms with van der Waals surface area (Å²) in [5.74, 6) is 0. The maximum atomic E-state index is 6.01. The minimum absolute atomic E-state index is 0.279. The number of rotatable bonds is 2. The summed E-state index contributed by atoms with van der Waals surface area (Å²) in [7, 11) is 0.